The van der Waals surface area contributed by atoms with Crippen LogP contribution in [0.15, 0.2) is 30.3 Å². The highest BCUT2D eigenvalue weighted by Gasteiger charge is 2.32. The quantitative estimate of drug-likeness (QED) is 0.848. The molecular formula is C14H19NO3. The standard InChI is InChI=1S/C14H19NO3/c16-13(14(17)18)12-8-4-5-9-15(12)10-11-6-2-1-3-7-11/h1-3,6-7,12-13,16H,4-5,8-10H2,(H,17,18). The van der Waals surface area contributed by atoms with E-state index in [1.165, 1.54) is 0 Å². The van der Waals surface area contributed by atoms with Crippen molar-refractivity contribution in [3.63, 3.8) is 0 Å². The Labute approximate surface area is 107 Å². The Hall–Kier alpha value is -1.39. The van der Waals surface area contributed by atoms with Gasteiger partial charge in [-0.1, -0.05) is 36.8 Å². The Morgan fingerprint density at radius 1 is 1.33 bits per heavy atom. The number of piperidine rings is 1. The molecular weight excluding hydrogens is 230 g/mol. The van der Waals surface area contributed by atoms with Gasteiger partial charge in [-0.05, 0) is 24.9 Å². The number of carbonyl (C=O) groups is 1. The molecule has 1 heterocycles. The van der Waals surface area contributed by atoms with Crippen molar-refractivity contribution in [1.29, 1.82) is 0 Å². The lowest BCUT2D eigenvalue weighted by molar-refractivity contribution is -0.151. The number of aliphatic hydroxyl groups is 1. The largest absolute Gasteiger partial charge is 0.479 e. The summed E-state index contributed by atoms with van der Waals surface area (Å²) in [5.74, 6) is -1.13. The van der Waals surface area contributed by atoms with Gasteiger partial charge in [-0.15, -0.1) is 0 Å². The first kappa shape index (κ1) is 13.1. The highest BCUT2D eigenvalue weighted by molar-refractivity contribution is 5.72. The summed E-state index contributed by atoms with van der Waals surface area (Å²) in [7, 11) is 0. The third-order valence-electron chi connectivity index (χ3n) is 3.51. The van der Waals surface area contributed by atoms with Crippen molar-refractivity contribution in [3.05, 3.63) is 35.9 Å². The van der Waals surface area contributed by atoms with E-state index in [1.807, 2.05) is 30.3 Å². The van der Waals surface area contributed by atoms with E-state index < -0.39 is 12.1 Å². The summed E-state index contributed by atoms with van der Waals surface area (Å²) in [5.41, 5.74) is 1.15. The Kier molecular flexibility index (Phi) is 4.33. The number of rotatable bonds is 4. The van der Waals surface area contributed by atoms with Crippen molar-refractivity contribution in [3.8, 4) is 0 Å². The minimum absolute atomic E-state index is 0.267. The molecule has 1 saturated heterocycles. The molecule has 0 bridgehead atoms. The molecule has 4 heteroatoms. The monoisotopic (exact) mass is 249 g/mol. The zero-order valence-electron chi connectivity index (χ0n) is 10.3. The molecule has 98 valence electrons. The summed E-state index contributed by atoms with van der Waals surface area (Å²) in [4.78, 5) is 13.0. The topological polar surface area (TPSA) is 60.8 Å². The minimum Gasteiger partial charge on any atom is -0.479 e. The molecule has 0 radical (unpaired) electrons. The van der Waals surface area contributed by atoms with Crippen LogP contribution in [0.1, 0.15) is 24.8 Å². The van der Waals surface area contributed by atoms with Crippen LogP contribution >= 0.6 is 0 Å². The summed E-state index contributed by atoms with van der Waals surface area (Å²) in [6, 6.07) is 9.70. The molecule has 1 aromatic carbocycles. The average Bonchev–Trinajstić information content (AvgIpc) is 2.39. The number of nitrogens with zero attached hydrogens (tertiary/aromatic N) is 1. The van der Waals surface area contributed by atoms with Gasteiger partial charge in [-0.3, -0.25) is 4.90 Å². The number of aliphatic carboxylic acids is 1. The summed E-state index contributed by atoms with van der Waals surface area (Å²) >= 11 is 0. The number of benzene rings is 1. The predicted octanol–water partition coefficient (Wildman–Crippen LogP) is 1.49. The molecule has 0 amide bonds. The van der Waals surface area contributed by atoms with Gasteiger partial charge in [0, 0.05) is 12.6 Å². The van der Waals surface area contributed by atoms with Gasteiger partial charge >= 0.3 is 5.97 Å². The highest BCUT2D eigenvalue weighted by Crippen LogP contribution is 2.22. The number of carboxylic acids is 1. The molecule has 1 aromatic rings. The fourth-order valence-electron chi connectivity index (χ4n) is 2.55. The van der Waals surface area contributed by atoms with E-state index >= 15 is 0 Å². The first-order valence-corrected chi connectivity index (χ1v) is 6.37. The van der Waals surface area contributed by atoms with E-state index in [0.717, 1.165) is 31.4 Å². The van der Waals surface area contributed by atoms with Crippen LogP contribution in [-0.2, 0) is 11.3 Å². The zero-order chi connectivity index (χ0) is 13.0. The maximum Gasteiger partial charge on any atom is 0.334 e. The first-order valence-electron chi connectivity index (χ1n) is 6.37. The van der Waals surface area contributed by atoms with Crippen molar-refractivity contribution < 1.29 is 15.0 Å². The Morgan fingerprint density at radius 3 is 2.72 bits per heavy atom. The smallest absolute Gasteiger partial charge is 0.334 e. The molecule has 1 aliphatic heterocycles. The van der Waals surface area contributed by atoms with E-state index in [0.29, 0.717) is 6.54 Å². The van der Waals surface area contributed by atoms with Crippen LogP contribution in [0.3, 0.4) is 0 Å². The second-order valence-corrected chi connectivity index (χ2v) is 4.80. The molecule has 0 spiro atoms. The van der Waals surface area contributed by atoms with Crippen LogP contribution in [0.25, 0.3) is 0 Å². The average molecular weight is 249 g/mol. The van der Waals surface area contributed by atoms with Crippen molar-refractivity contribution in [1.82, 2.24) is 4.90 Å². The van der Waals surface area contributed by atoms with Gasteiger partial charge in [-0.25, -0.2) is 4.79 Å². The molecule has 2 rings (SSSR count). The van der Waals surface area contributed by atoms with Crippen LogP contribution < -0.4 is 0 Å². The molecule has 1 fully saturated rings. The van der Waals surface area contributed by atoms with Crippen molar-refractivity contribution in [2.75, 3.05) is 6.54 Å². The van der Waals surface area contributed by atoms with Crippen LogP contribution in [0.5, 0.6) is 0 Å². The maximum absolute atomic E-state index is 10.9. The second-order valence-electron chi connectivity index (χ2n) is 4.80. The van der Waals surface area contributed by atoms with E-state index in [2.05, 4.69) is 4.90 Å². The van der Waals surface area contributed by atoms with E-state index in [1.54, 1.807) is 0 Å². The zero-order valence-corrected chi connectivity index (χ0v) is 10.3. The fraction of sp³-hybridized carbons (Fsp3) is 0.500. The Balaban J connectivity index is 2.06. The van der Waals surface area contributed by atoms with Crippen LogP contribution in [0.2, 0.25) is 0 Å². The molecule has 2 atom stereocenters. The lowest BCUT2D eigenvalue weighted by atomic mass is 9.96. The van der Waals surface area contributed by atoms with Gasteiger partial charge in [0.25, 0.3) is 0 Å². The summed E-state index contributed by atoms with van der Waals surface area (Å²) in [5, 5.41) is 18.7. The lowest BCUT2D eigenvalue weighted by Crippen LogP contribution is -2.49. The number of hydrogen-bond donors (Lipinski definition) is 2. The molecule has 4 nitrogen and oxygen atoms in total. The van der Waals surface area contributed by atoms with Crippen molar-refractivity contribution in [2.45, 2.75) is 38.0 Å². The van der Waals surface area contributed by atoms with Gasteiger partial charge in [-0.2, -0.15) is 0 Å². The second kappa shape index (κ2) is 5.98. The Bertz CT molecular complexity index is 393. The van der Waals surface area contributed by atoms with E-state index in [-0.39, 0.29) is 6.04 Å². The number of carboxylic acid groups (broad SMARTS) is 1. The maximum atomic E-state index is 10.9. The van der Waals surface area contributed by atoms with E-state index in [9.17, 15) is 9.90 Å². The van der Waals surface area contributed by atoms with Gasteiger partial charge in [0.05, 0.1) is 0 Å². The molecule has 0 aromatic heterocycles. The molecule has 2 N–H and O–H groups in total. The fourth-order valence-corrected chi connectivity index (χ4v) is 2.55. The van der Waals surface area contributed by atoms with Gasteiger partial charge < -0.3 is 10.2 Å². The van der Waals surface area contributed by atoms with Crippen molar-refractivity contribution >= 4 is 5.97 Å². The minimum atomic E-state index is -1.28. The highest BCUT2D eigenvalue weighted by atomic mass is 16.4. The number of likely N-dealkylation sites (tertiary alicyclic amines) is 1. The SMILES string of the molecule is O=C(O)C(O)C1CCCCN1Cc1ccccc1. The third-order valence-corrected chi connectivity index (χ3v) is 3.51. The molecule has 1 aliphatic rings. The molecule has 0 saturated carbocycles. The van der Waals surface area contributed by atoms with Crippen LogP contribution in [0, 0.1) is 0 Å². The van der Waals surface area contributed by atoms with Gasteiger partial charge in [0.2, 0.25) is 0 Å². The third kappa shape index (κ3) is 3.09. The Morgan fingerprint density at radius 2 is 2.06 bits per heavy atom. The predicted molar refractivity (Wildman–Crippen MR) is 68.1 cm³/mol. The number of aliphatic hydroxyl groups excluding tert-OH is 1. The van der Waals surface area contributed by atoms with Crippen LogP contribution in [-0.4, -0.2) is 39.8 Å². The summed E-state index contributed by atoms with van der Waals surface area (Å²) in [6.45, 7) is 1.56. The number of hydrogen-bond acceptors (Lipinski definition) is 3. The first-order chi connectivity index (χ1) is 8.68. The van der Waals surface area contributed by atoms with Gasteiger partial charge in [0.15, 0.2) is 6.10 Å². The lowest BCUT2D eigenvalue weighted by Gasteiger charge is -2.37. The summed E-state index contributed by atoms with van der Waals surface area (Å²) in [6.07, 6.45) is 1.52. The molecule has 18 heavy (non-hydrogen) atoms. The summed E-state index contributed by atoms with van der Waals surface area (Å²) < 4.78 is 0. The molecule has 2 unspecified atom stereocenters. The molecule has 0 aliphatic carbocycles. The van der Waals surface area contributed by atoms with Gasteiger partial charge in [0.1, 0.15) is 0 Å². The van der Waals surface area contributed by atoms with E-state index in [4.69, 9.17) is 5.11 Å². The van der Waals surface area contributed by atoms with Crippen molar-refractivity contribution in [2.24, 2.45) is 0 Å². The van der Waals surface area contributed by atoms with Crippen LogP contribution in [0.4, 0.5) is 0 Å². The normalized spacial score (nSPS) is 22.6.